The molecule has 150 valence electrons. The maximum Gasteiger partial charge on any atom is 0.408 e. The number of anilines is 1. The molecule has 1 atom stereocenters. The van der Waals surface area contributed by atoms with E-state index in [-0.39, 0.29) is 18.9 Å². The maximum atomic E-state index is 13.8. The smallest absolute Gasteiger partial charge is 0.408 e. The lowest BCUT2D eigenvalue weighted by molar-refractivity contribution is -0.119. The van der Waals surface area contributed by atoms with Crippen molar-refractivity contribution in [3.63, 3.8) is 0 Å². The van der Waals surface area contributed by atoms with Gasteiger partial charge in [-0.05, 0) is 38.5 Å². The zero-order valence-corrected chi connectivity index (χ0v) is 16.2. The molecule has 2 rings (SSSR count). The summed E-state index contributed by atoms with van der Waals surface area (Å²) in [6, 6.07) is 14.1. The fourth-order valence-electron chi connectivity index (χ4n) is 2.28. The summed E-state index contributed by atoms with van der Waals surface area (Å²) >= 11 is 0. The van der Waals surface area contributed by atoms with Crippen LogP contribution in [0.2, 0.25) is 0 Å². The minimum atomic E-state index is -1.06. The van der Waals surface area contributed by atoms with Gasteiger partial charge in [0.05, 0.1) is 18.9 Å². The number of carbonyl (C=O) groups excluding carboxylic acids is 2. The van der Waals surface area contributed by atoms with E-state index >= 15 is 0 Å². The molecule has 2 aromatic rings. The Morgan fingerprint density at radius 3 is 2.32 bits per heavy atom. The minimum absolute atomic E-state index is 0.0200. The number of hydrogen-bond acceptors (Lipinski definition) is 4. The van der Waals surface area contributed by atoms with Crippen molar-refractivity contribution in [2.75, 3.05) is 11.9 Å². The molecule has 0 unspecified atom stereocenters. The van der Waals surface area contributed by atoms with E-state index in [1.807, 2.05) is 30.3 Å². The number of rotatable bonds is 7. The van der Waals surface area contributed by atoms with Gasteiger partial charge in [-0.1, -0.05) is 42.5 Å². The van der Waals surface area contributed by atoms with Crippen LogP contribution in [-0.2, 0) is 20.9 Å². The van der Waals surface area contributed by atoms with Gasteiger partial charge in [0.1, 0.15) is 17.5 Å². The summed E-state index contributed by atoms with van der Waals surface area (Å²) in [6.07, 6.45) is -0.760. The van der Waals surface area contributed by atoms with Gasteiger partial charge in [0, 0.05) is 0 Å². The third-order valence-electron chi connectivity index (χ3n) is 3.54. The lowest BCUT2D eigenvalue weighted by atomic mass is 10.2. The van der Waals surface area contributed by atoms with E-state index in [0.717, 1.165) is 5.56 Å². The summed E-state index contributed by atoms with van der Waals surface area (Å²) in [4.78, 5) is 24.7. The van der Waals surface area contributed by atoms with Crippen molar-refractivity contribution in [1.82, 2.24) is 5.32 Å². The highest BCUT2D eigenvalue weighted by Crippen LogP contribution is 2.13. The van der Waals surface area contributed by atoms with E-state index in [9.17, 15) is 14.0 Å². The average molecular weight is 388 g/mol. The number of amides is 2. The Morgan fingerprint density at radius 1 is 1.04 bits per heavy atom. The lowest BCUT2D eigenvalue weighted by Gasteiger charge is -2.23. The number of alkyl carbamates (subject to hydrolysis) is 1. The lowest BCUT2D eigenvalue weighted by Crippen LogP contribution is -2.48. The predicted molar refractivity (Wildman–Crippen MR) is 104 cm³/mol. The molecule has 0 fully saturated rings. The first-order valence-electron chi connectivity index (χ1n) is 8.91. The van der Waals surface area contributed by atoms with Gasteiger partial charge in [-0.15, -0.1) is 0 Å². The van der Waals surface area contributed by atoms with Gasteiger partial charge in [0.25, 0.3) is 0 Å². The van der Waals surface area contributed by atoms with Gasteiger partial charge in [-0.3, -0.25) is 4.79 Å². The van der Waals surface area contributed by atoms with Gasteiger partial charge in [0.2, 0.25) is 5.91 Å². The molecular formula is C21H25FN2O4. The van der Waals surface area contributed by atoms with Crippen LogP contribution in [0.25, 0.3) is 0 Å². The highest BCUT2D eigenvalue weighted by atomic mass is 19.1. The quantitative estimate of drug-likeness (QED) is 0.755. The van der Waals surface area contributed by atoms with Crippen LogP contribution in [0.5, 0.6) is 0 Å². The highest BCUT2D eigenvalue weighted by molar-refractivity contribution is 5.96. The molecule has 0 aliphatic rings. The molecular weight excluding hydrogens is 363 g/mol. The van der Waals surface area contributed by atoms with Crippen LogP contribution in [0.4, 0.5) is 14.9 Å². The van der Waals surface area contributed by atoms with Crippen molar-refractivity contribution in [1.29, 1.82) is 0 Å². The van der Waals surface area contributed by atoms with E-state index in [0.29, 0.717) is 0 Å². The largest absolute Gasteiger partial charge is 0.444 e. The van der Waals surface area contributed by atoms with Crippen LogP contribution in [0.15, 0.2) is 54.6 Å². The number of nitrogens with one attached hydrogen (secondary N) is 2. The second kappa shape index (κ2) is 9.85. The Bertz CT molecular complexity index is 790. The second-order valence-corrected chi connectivity index (χ2v) is 7.17. The normalized spacial score (nSPS) is 12.1. The van der Waals surface area contributed by atoms with E-state index in [4.69, 9.17) is 9.47 Å². The van der Waals surface area contributed by atoms with Crippen LogP contribution in [0.3, 0.4) is 0 Å². The first-order valence-corrected chi connectivity index (χ1v) is 8.91. The van der Waals surface area contributed by atoms with Crippen LogP contribution in [-0.4, -0.2) is 30.3 Å². The van der Waals surface area contributed by atoms with Crippen LogP contribution in [0.1, 0.15) is 26.3 Å². The SMILES string of the molecule is CC(C)(C)OC(=O)N[C@H](COCc1ccccc1)C(=O)Nc1ccccc1F. The third-order valence-corrected chi connectivity index (χ3v) is 3.54. The molecule has 0 saturated heterocycles. The van der Waals surface area contributed by atoms with Gasteiger partial charge < -0.3 is 20.1 Å². The zero-order valence-electron chi connectivity index (χ0n) is 16.2. The Kier molecular flexibility index (Phi) is 7.52. The third kappa shape index (κ3) is 7.36. The maximum absolute atomic E-state index is 13.8. The van der Waals surface area contributed by atoms with Gasteiger partial charge in [-0.25, -0.2) is 9.18 Å². The standard InChI is InChI=1S/C21H25FN2O4/c1-21(2,3)28-20(26)24-18(14-27-13-15-9-5-4-6-10-15)19(25)23-17-12-8-7-11-16(17)22/h4-12,18H,13-14H2,1-3H3,(H,23,25)(H,24,26)/t18-/m1/s1. The number of carbonyl (C=O) groups is 2. The van der Waals surface area contributed by atoms with Crippen LogP contribution < -0.4 is 10.6 Å². The topological polar surface area (TPSA) is 76.7 Å². The summed E-state index contributed by atoms with van der Waals surface area (Å²) in [5.74, 6) is -1.18. The number of benzene rings is 2. The van der Waals surface area contributed by atoms with Crippen molar-refractivity contribution in [3.05, 3.63) is 66.0 Å². The average Bonchev–Trinajstić information content (AvgIpc) is 2.62. The van der Waals surface area contributed by atoms with E-state index in [1.54, 1.807) is 26.8 Å². The molecule has 0 aliphatic carbocycles. The Hall–Kier alpha value is -2.93. The summed E-state index contributed by atoms with van der Waals surface area (Å²) in [7, 11) is 0. The second-order valence-electron chi connectivity index (χ2n) is 7.17. The molecule has 0 heterocycles. The summed E-state index contributed by atoms with van der Waals surface area (Å²) < 4.78 is 24.6. The van der Waals surface area contributed by atoms with Gasteiger partial charge in [-0.2, -0.15) is 0 Å². The molecule has 28 heavy (non-hydrogen) atoms. The molecule has 2 aromatic carbocycles. The van der Waals surface area contributed by atoms with Crippen molar-refractivity contribution in [2.45, 2.75) is 39.0 Å². The molecule has 0 bridgehead atoms. The Balaban J connectivity index is 2.02. The van der Waals surface area contributed by atoms with Crippen molar-refractivity contribution in [3.8, 4) is 0 Å². The summed E-state index contributed by atoms with van der Waals surface area (Å²) in [5, 5.41) is 4.94. The fourth-order valence-corrected chi connectivity index (χ4v) is 2.28. The number of halogens is 1. The fraction of sp³-hybridized carbons (Fsp3) is 0.333. The van der Waals surface area contributed by atoms with Gasteiger partial charge in [0.15, 0.2) is 0 Å². The molecule has 0 radical (unpaired) electrons. The first kappa shape index (κ1) is 21.4. The molecule has 0 aliphatic heterocycles. The van der Waals surface area contributed by atoms with Crippen molar-refractivity contribution < 1.29 is 23.5 Å². The number of para-hydroxylation sites is 1. The Labute approximate surface area is 164 Å². The predicted octanol–water partition coefficient (Wildman–Crippen LogP) is 3.87. The van der Waals surface area contributed by atoms with Crippen LogP contribution in [0, 0.1) is 5.82 Å². The molecule has 6 nitrogen and oxygen atoms in total. The first-order chi connectivity index (χ1) is 13.2. The van der Waals surface area contributed by atoms with E-state index in [2.05, 4.69) is 10.6 Å². The van der Waals surface area contributed by atoms with E-state index < -0.39 is 29.5 Å². The molecule has 7 heteroatoms. The summed E-state index contributed by atoms with van der Waals surface area (Å²) in [6.45, 7) is 5.31. The van der Waals surface area contributed by atoms with Crippen LogP contribution >= 0.6 is 0 Å². The molecule has 0 aromatic heterocycles. The number of hydrogen-bond donors (Lipinski definition) is 2. The van der Waals surface area contributed by atoms with Gasteiger partial charge >= 0.3 is 6.09 Å². The Morgan fingerprint density at radius 2 is 1.68 bits per heavy atom. The molecule has 2 N–H and O–H groups in total. The molecule has 0 saturated carbocycles. The number of ether oxygens (including phenoxy) is 2. The highest BCUT2D eigenvalue weighted by Gasteiger charge is 2.25. The summed E-state index contributed by atoms with van der Waals surface area (Å²) in [5.41, 5.74) is 0.223. The monoisotopic (exact) mass is 388 g/mol. The molecule has 0 spiro atoms. The molecule has 2 amide bonds. The van der Waals surface area contributed by atoms with Crippen molar-refractivity contribution in [2.24, 2.45) is 0 Å². The van der Waals surface area contributed by atoms with Crippen molar-refractivity contribution >= 4 is 17.7 Å². The minimum Gasteiger partial charge on any atom is -0.444 e. The van der Waals surface area contributed by atoms with E-state index in [1.165, 1.54) is 18.2 Å². The zero-order chi connectivity index (χ0) is 20.6.